The van der Waals surface area contributed by atoms with Crippen LogP contribution in [0.1, 0.15) is 21.7 Å². The van der Waals surface area contributed by atoms with Crippen LogP contribution in [-0.2, 0) is 0 Å². The molecule has 4 aromatic rings. The van der Waals surface area contributed by atoms with Crippen LogP contribution in [0.3, 0.4) is 0 Å². The molecule has 1 aromatic heterocycles. The lowest BCUT2D eigenvalue weighted by atomic mass is 10.1. The van der Waals surface area contributed by atoms with Crippen molar-refractivity contribution in [2.75, 3.05) is 25.5 Å². The summed E-state index contributed by atoms with van der Waals surface area (Å²) >= 11 is 0. The molecule has 2 heterocycles. The third kappa shape index (κ3) is 3.95. The Hall–Kier alpha value is -4.07. The Morgan fingerprint density at radius 3 is 2.55 bits per heavy atom. The normalized spacial score (nSPS) is 13.5. The van der Waals surface area contributed by atoms with E-state index in [1.54, 1.807) is 37.3 Å². The summed E-state index contributed by atoms with van der Waals surface area (Å²) in [5.41, 5.74) is 2.28. The van der Waals surface area contributed by atoms with Crippen molar-refractivity contribution in [2.45, 2.75) is 6.92 Å². The third-order valence-corrected chi connectivity index (χ3v) is 5.63. The van der Waals surface area contributed by atoms with E-state index in [4.69, 9.17) is 0 Å². The minimum Gasteiger partial charge on any atom is -0.358 e. The number of amides is 1. The minimum absolute atomic E-state index is 0.0735. The molecule has 0 saturated carbocycles. The molecule has 0 spiro atoms. The molecule has 6 nitrogen and oxygen atoms in total. The van der Waals surface area contributed by atoms with Crippen LogP contribution in [0.15, 0.2) is 65.7 Å². The van der Waals surface area contributed by atoms with Crippen molar-refractivity contribution in [3.63, 3.8) is 0 Å². The maximum Gasteiger partial charge on any atom is 0.274 e. The number of carbonyl (C=O) groups is 1. The molecule has 33 heavy (non-hydrogen) atoms. The number of hydrogen-bond acceptors (Lipinski definition) is 4. The molecule has 0 aliphatic carbocycles. The van der Waals surface area contributed by atoms with Crippen molar-refractivity contribution in [1.29, 1.82) is 0 Å². The van der Waals surface area contributed by atoms with Gasteiger partial charge in [0, 0.05) is 19.2 Å². The van der Waals surface area contributed by atoms with Gasteiger partial charge in [-0.3, -0.25) is 9.79 Å². The van der Waals surface area contributed by atoms with Gasteiger partial charge in [0.15, 0.2) is 0 Å². The molecule has 0 atom stereocenters. The van der Waals surface area contributed by atoms with Crippen molar-refractivity contribution in [1.82, 2.24) is 14.7 Å². The highest BCUT2D eigenvalue weighted by Crippen LogP contribution is 2.23. The second-order valence-electron chi connectivity index (χ2n) is 8.03. The fourth-order valence-corrected chi connectivity index (χ4v) is 3.98. The Labute approximate surface area is 189 Å². The van der Waals surface area contributed by atoms with Crippen LogP contribution in [0.2, 0.25) is 0 Å². The second kappa shape index (κ2) is 8.12. The number of anilines is 1. The smallest absolute Gasteiger partial charge is 0.274 e. The van der Waals surface area contributed by atoms with Crippen LogP contribution in [0.5, 0.6) is 0 Å². The number of hydrogen-bond donors (Lipinski definition) is 1. The summed E-state index contributed by atoms with van der Waals surface area (Å²) in [6, 6.07) is 16.2. The Morgan fingerprint density at radius 1 is 1.00 bits per heavy atom. The molecule has 1 amide bonds. The molecule has 8 heteroatoms. The number of halogens is 2. The molecule has 1 aliphatic rings. The topological polar surface area (TPSA) is 62.5 Å². The fourth-order valence-electron chi connectivity index (χ4n) is 3.98. The molecule has 5 rings (SSSR count). The first kappa shape index (κ1) is 20.8. The highest BCUT2D eigenvalue weighted by Gasteiger charge is 2.19. The first-order valence-electron chi connectivity index (χ1n) is 10.5. The summed E-state index contributed by atoms with van der Waals surface area (Å²) < 4.78 is 29.8. The maximum absolute atomic E-state index is 14.8. The van der Waals surface area contributed by atoms with E-state index in [0.717, 1.165) is 23.2 Å². The van der Waals surface area contributed by atoms with Gasteiger partial charge in [-0.2, -0.15) is 5.10 Å². The minimum atomic E-state index is -0.542. The van der Waals surface area contributed by atoms with Crippen molar-refractivity contribution in [3.8, 4) is 5.69 Å². The number of aliphatic imine (C=N–C) groups is 1. The van der Waals surface area contributed by atoms with Gasteiger partial charge >= 0.3 is 0 Å². The van der Waals surface area contributed by atoms with Gasteiger partial charge in [0.25, 0.3) is 5.91 Å². The van der Waals surface area contributed by atoms with E-state index in [1.165, 1.54) is 28.9 Å². The monoisotopic (exact) mass is 445 g/mol. The predicted molar refractivity (Wildman–Crippen MR) is 124 cm³/mol. The number of likely N-dealkylation sites (N-methyl/N-ethyl adjacent to an activating group) is 1. The predicted octanol–water partition coefficient (Wildman–Crippen LogP) is 4.56. The number of benzene rings is 3. The van der Waals surface area contributed by atoms with Crippen molar-refractivity contribution < 1.29 is 13.6 Å². The van der Waals surface area contributed by atoms with Gasteiger partial charge in [0.1, 0.15) is 23.2 Å². The van der Waals surface area contributed by atoms with E-state index in [2.05, 4.69) is 15.4 Å². The van der Waals surface area contributed by atoms with Crippen LogP contribution in [0, 0.1) is 18.6 Å². The first-order chi connectivity index (χ1) is 15.9. The van der Waals surface area contributed by atoms with Gasteiger partial charge in [-0.05, 0) is 66.2 Å². The first-order valence-corrected chi connectivity index (χ1v) is 10.5. The van der Waals surface area contributed by atoms with Crippen LogP contribution >= 0.6 is 0 Å². The van der Waals surface area contributed by atoms with E-state index in [1.807, 2.05) is 18.0 Å². The average molecular weight is 445 g/mol. The molecule has 0 radical (unpaired) electrons. The standard InChI is InChI=1S/C25H21F2N5O/c1-15-11-23(32(30-15)20-7-4-16-12-19(26)6-3-17(16)13-20)25(33)29-22-8-5-18(14-21(22)27)24-28-9-10-31(24)2/h3-8,11-14H,9-10H2,1-2H3,(H,29,33). The lowest BCUT2D eigenvalue weighted by Crippen LogP contribution is -2.23. The summed E-state index contributed by atoms with van der Waals surface area (Å²) in [6.07, 6.45) is 0. The van der Waals surface area contributed by atoms with E-state index >= 15 is 0 Å². The zero-order valence-electron chi connectivity index (χ0n) is 18.1. The molecule has 0 saturated heterocycles. The number of nitrogens with zero attached hydrogens (tertiary/aromatic N) is 4. The van der Waals surface area contributed by atoms with Crippen LogP contribution in [0.4, 0.5) is 14.5 Å². The molecular weight excluding hydrogens is 424 g/mol. The summed E-state index contributed by atoms with van der Waals surface area (Å²) in [5.74, 6) is -0.613. The Balaban J connectivity index is 1.44. The van der Waals surface area contributed by atoms with E-state index < -0.39 is 11.7 Å². The molecule has 3 aromatic carbocycles. The maximum atomic E-state index is 14.8. The van der Waals surface area contributed by atoms with Crippen molar-refractivity contribution >= 4 is 28.2 Å². The summed E-state index contributed by atoms with van der Waals surface area (Å²) in [6.45, 7) is 3.25. The van der Waals surface area contributed by atoms with E-state index in [0.29, 0.717) is 23.5 Å². The van der Waals surface area contributed by atoms with Crippen molar-refractivity contribution in [3.05, 3.63) is 89.2 Å². The molecule has 0 bridgehead atoms. The van der Waals surface area contributed by atoms with Gasteiger partial charge in [-0.15, -0.1) is 0 Å². The molecule has 1 N–H and O–H groups in total. The van der Waals surface area contributed by atoms with Gasteiger partial charge in [-0.25, -0.2) is 13.5 Å². The zero-order valence-corrected chi connectivity index (χ0v) is 18.1. The third-order valence-electron chi connectivity index (χ3n) is 5.63. The average Bonchev–Trinajstić information content (AvgIpc) is 3.40. The molecule has 1 aliphatic heterocycles. The Morgan fingerprint density at radius 2 is 1.79 bits per heavy atom. The highest BCUT2D eigenvalue weighted by molar-refractivity contribution is 6.04. The number of amidine groups is 1. The molecule has 0 unspecified atom stereocenters. The highest BCUT2D eigenvalue weighted by atomic mass is 19.1. The van der Waals surface area contributed by atoms with E-state index in [9.17, 15) is 13.6 Å². The SMILES string of the molecule is Cc1cc(C(=O)Nc2ccc(C3=NCCN3C)cc2F)n(-c2ccc3cc(F)ccc3c2)n1. The summed E-state index contributed by atoms with van der Waals surface area (Å²) in [7, 11) is 1.91. The molecule has 0 fully saturated rings. The number of nitrogens with one attached hydrogen (secondary N) is 1. The van der Waals surface area contributed by atoms with Gasteiger partial charge < -0.3 is 10.2 Å². The molecule has 166 valence electrons. The number of aromatic nitrogens is 2. The zero-order chi connectivity index (χ0) is 23.1. The number of rotatable bonds is 4. The molecular formula is C25H21F2N5O. The van der Waals surface area contributed by atoms with Crippen molar-refractivity contribution in [2.24, 2.45) is 4.99 Å². The summed E-state index contributed by atoms with van der Waals surface area (Å²) in [4.78, 5) is 19.4. The number of aryl methyl sites for hydroxylation is 1. The lowest BCUT2D eigenvalue weighted by Gasteiger charge is -2.15. The van der Waals surface area contributed by atoms with Crippen LogP contribution < -0.4 is 5.32 Å². The lowest BCUT2D eigenvalue weighted by molar-refractivity contribution is 0.101. The fraction of sp³-hybridized carbons (Fsp3) is 0.160. The number of carbonyl (C=O) groups excluding carboxylic acids is 1. The van der Waals surface area contributed by atoms with Gasteiger partial charge in [0.2, 0.25) is 0 Å². The quantitative estimate of drug-likeness (QED) is 0.501. The van der Waals surface area contributed by atoms with Crippen LogP contribution in [0.25, 0.3) is 16.5 Å². The summed E-state index contributed by atoms with van der Waals surface area (Å²) in [5, 5.41) is 8.64. The largest absolute Gasteiger partial charge is 0.358 e. The Bertz CT molecular complexity index is 1430. The Kier molecular flexibility index (Phi) is 5.12. The number of fused-ring (bicyclic) bond motifs is 1. The second-order valence-corrected chi connectivity index (χ2v) is 8.03. The van der Waals surface area contributed by atoms with E-state index in [-0.39, 0.29) is 17.2 Å². The van der Waals surface area contributed by atoms with Gasteiger partial charge in [0.05, 0.1) is 23.6 Å². The van der Waals surface area contributed by atoms with Crippen LogP contribution in [-0.4, -0.2) is 46.6 Å². The van der Waals surface area contributed by atoms with Gasteiger partial charge in [-0.1, -0.05) is 12.1 Å².